The van der Waals surface area contributed by atoms with Gasteiger partial charge < -0.3 is 9.47 Å². The molecule has 0 saturated heterocycles. The van der Waals surface area contributed by atoms with Gasteiger partial charge in [0.1, 0.15) is 16.2 Å². The minimum Gasteiger partial charge on any atom is -0.493 e. The standard InChI is InChI=1S/C21H25ClO3S/c1-12(23)19(25-21(3,4)5)17-13(2)26-20(22)18(17)15-8-9-16-14(11-15)7-6-10-24-16/h8-9,11,19H,6-7,10H2,1-5H3. The number of thiophene rings is 1. The summed E-state index contributed by atoms with van der Waals surface area (Å²) in [6, 6.07) is 6.17. The van der Waals surface area contributed by atoms with Gasteiger partial charge in [0.25, 0.3) is 0 Å². The molecule has 0 saturated carbocycles. The van der Waals surface area contributed by atoms with Crippen molar-refractivity contribution in [2.75, 3.05) is 6.61 Å². The zero-order chi connectivity index (χ0) is 19.1. The molecular weight excluding hydrogens is 368 g/mol. The summed E-state index contributed by atoms with van der Waals surface area (Å²) < 4.78 is 12.5. The monoisotopic (exact) mass is 392 g/mol. The van der Waals surface area contributed by atoms with Gasteiger partial charge in [-0.1, -0.05) is 17.7 Å². The molecule has 2 heterocycles. The van der Waals surface area contributed by atoms with Crippen molar-refractivity contribution in [2.24, 2.45) is 0 Å². The molecule has 3 rings (SSSR count). The molecular formula is C21H25ClO3S. The lowest BCUT2D eigenvalue weighted by molar-refractivity contribution is -0.138. The maximum absolute atomic E-state index is 12.4. The topological polar surface area (TPSA) is 35.5 Å². The van der Waals surface area contributed by atoms with E-state index in [4.69, 9.17) is 21.1 Å². The largest absolute Gasteiger partial charge is 0.493 e. The number of carbonyl (C=O) groups is 1. The Morgan fingerprint density at radius 1 is 1.35 bits per heavy atom. The first kappa shape index (κ1) is 19.4. The summed E-state index contributed by atoms with van der Waals surface area (Å²) in [7, 11) is 0. The Morgan fingerprint density at radius 3 is 2.73 bits per heavy atom. The predicted octanol–water partition coefficient (Wildman–Crippen LogP) is 6.15. The molecule has 1 aromatic carbocycles. The molecule has 0 aliphatic carbocycles. The Bertz CT molecular complexity index is 833. The molecule has 26 heavy (non-hydrogen) atoms. The Balaban J connectivity index is 2.12. The third kappa shape index (κ3) is 3.98. The van der Waals surface area contributed by atoms with Crippen molar-refractivity contribution in [1.82, 2.24) is 0 Å². The normalized spacial score (nSPS) is 15.3. The van der Waals surface area contributed by atoms with Crippen LogP contribution in [0.2, 0.25) is 4.34 Å². The number of hydrogen-bond donors (Lipinski definition) is 0. The lowest BCUT2D eigenvalue weighted by Crippen LogP contribution is -2.26. The quantitative estimate of drug-likeness (QED) is 0.626. The summed E-state index contributed by atoms with van der Waals surface area (Å²) in [4.78, 5) is 13.4. The first-order chi connectivity index (χ1) is 12.2. The highest BCUT2D eigenvalue weighted by atomic mass is 35.5. The molecule has 140 valence electrons. The van der Waals surface area contributed by atoms with E-state index in [0.717, 1.165) is 46.8 Å². The molecule has 0 radical (unpaired) electrons. The van der Waals surface area contributed by atoms with E-state index in [0.29, 0.717) is 4.34 Å². The predicted molar refractivity (Wildman–Crippen MR) is 108 cm³/mol. The van der Waals surface area contributed by atoms with Gasteiger partial charge in [-0.15, -0.1) is 11.3 Å². The summed E-state index contributed by atoms with van der Waals surface area (Å²) in [6.45, 7) is 10.2. The zero-order valence-corrected chi connectivity index (χ0v) is 17.5. The van der Waals surface area contributed by atoms with E-state index in [1.54, 1.807) is 6.92 Å². The van der Waals surface area contributed by atoms with Gasteiger partial charge in [0.15, 0.2) is 5.78 Å². The van der Waals surface area contributed by atoms with Crippen LogP contribution >= 0.6 is 22.9 Å². The van der Waals surface area contributed by atoms with Crippen LogP contribution in [-0.2, 0) is 16.0 Å². The Kier molecular flexibility index (Phi) is 5.48. The summed E-state index contributed by atoms with van der Waals surface area (Å²) >= 11 is 8.11. The van der Waals surface area contributed by atoms with E-state index < -0.39 is 11.7 Å². The molecule has 1 aliphatic heterocycles. The molecule has 0 bridgehead atoms. The van der Waals surface area contributed by atoms with E-state index >= 15 is 0 Å². The molecule has 5 heteroatoms. The van der Waals surface area contributed by atoms with Crippen LogP contribution in [0.3, 0.4) is 0 Å². The summed E-state index contributed by atoms with van der Waals surface area (Å²) in [6.07, 6.45) is 1.39. The third-order valence-electron chi connectivity index (χ3n) is 4.39. The lowest BCUT2D eigenvalue weighted by Gasteiger charge is -2.27. The highest BCUT2D eigenvalue weighted by Gasteiger charge is 2.31. The first-order valence-electron chi connectivity index (χ1n) is 8.90. The first-order valence-corrected chi connectivity index (χ1v) is 10.1. The minimum absolute atomic E-state index is 0.0139. The summed E-state index contributed by atoms with van der Waals surface area (Å²) in [5, 5.41) is 0. The van der Waals surface area contributed by atoms with Gasteiger partial charge in [-0.25, -0.2) is 0 Å². The molecule has 1 aromatic heterocycles. The minimum atomic E-state index is -0.624. The highest BCUT2D eigenvalue weighted by Crippen LogP contribution is 2.46. The summed E-state index contributed by atoms with van der Waals surface area (Å²) in [5.41, 5.74) is 3.57. The van der Waals surface area contributed by atoms with Crippen LogP contribution < -0.4 is 4.74 Å². The van der Waals surface area contributed by atoms with Crippen LogP contribution in [0.15, 0.2) is 18.2 Å². The van der Waals surface area contributed by atoms with Gasteiger partial charge in [-0.3, -0.25) is 4.79 Å². The Morgan fingerprint density at radius 2 is 2.08 bits per heavy atom. The van der Waals surface area contributed by atoms with E-state index in [-0.39, 0.29) is 5.78 Å². The molecule has 1 unspecified atom stereocenters. The lowest BCUT2D eigenvalue weighted by atomic mass is 9.94. The number of rotatable bonds is 4. The second-order valence-electron chi connectivity index (χ2n) is 7.72. The SMILES string of the molecule is CC(=O)C(OC(C)(C)C)c1c(C)sc(Cl)c1-c1ccc2c(c1)CCCO2. The number of aryl methyl sites for hydroxylation is 2. The van der Waals surface area contributed by atoms with Crippen molar-refractivity contribution in [3.05, 3.63) is 38.5 Å². The Labute approximate surface area is 164 Å². The smallest absolute Gasteiger partial charge is 0.163 e. The number of Topliss-reactive ketones (excluding diaryl/α,β-unsaturated/α-hetero) is 1. The van der Waals surface area contributed by atoms with Crippen molar-refractivity contribution in [3.8, 4) is 16.9 Å². The maximum atomic E-state index is 12.4. The van der Waals surface area contributed by atoms with Crippen molar-refractivity contribution >= 4 is 28.7 Å². The fourth-order valence-electron chi connectivity index (χ4n) is 3.32. The number of benzene rings is 1. The molecule has 2 aromatic rings. The Hall–Kier alpha value is -1.36. The molecule has 0 spiro atoms. The third-order valence-corrected chi connectivity index (χ3v) is 5.72. The van der Waals surface area contributed by atoms with Crippen LogP contribution in [-0.4, -0.2) is 18.0 Å². The fourth-order valence-corrected chi connectivity index (χ4v) is 4.80. The van der Waals surface area contributed by atoms with Gasteiger partial charge in [0.2, 0.25) is 0 Å². The second-order valence-corrected chi connectivity index (χ2v) is 9.54. The molecule has 1 atom stereocenters. The maximum Gasteiger partial charge on any atom is 0.163 e. The van der Waals surface area contributed by atoms with Crippen LogP contribution in [0.4, 0.5) is 0 Å². The van der Waals surface area contributed by atoms with Crippen LogP contribution in [0.25, 0.3) is 11.1 Å². The van der Waals surface area contributed by atoms with Crippen LogP contribution in [0.1, 0.15) is 56.2 Å². The number of fused-ring (bicyclic) bond motifs is 1. The molecule has 0 amide bonds. The van der Waals surface area contributed by atoms with E-state index in [1.165, 1.54) is 16.9 Å². The fraction of sp³-hybridized carbons (Fsp3) is 0.476. The van der Waals surface area contributed by atoms with Gasteiger partial charge in [-0.05, 0) is 70.7 Å². The van der Waals surface area contributed by atoms with Gasteiger partial charge in [-0.2, -0.15) is 0 Å². The van der Waals surface area contributed by atoms with Crippen molar-refractivity contribution in [2.45, 2.75) is 59.2 Å². The number of hydrogen-bond acceptors (Lipinski definition) is 4. The average molecular weight is 393 g/mol. The van der Waals surface area contributed by atoms with E-state index in [2.05, 4.69) is 6.07 Å². The van der Waals surface area contributed by atoms with Crippen LogP contribution in [0.5, 0.6) is 5.75 Å². The number of carbonyl (C=O) groups excluding carboxylic acids is 1. The van der Waals surface area contributed by atoms with E-state index in [1.807, 2.05) is 39.8 Å². The molecule has 1 aliphatic rings. The molecule has 0 N–H and O–H groups in total. The second kappa shape index (κ2) is 7.34. The van der Waals surface area contributed by atoms with Gasteiger partial charge >= 0.3 is 0 Å². The van der Waals surface area contributed by atoms with Crippen LogP contribution in [0, 0.1) is 6.92 Å². The van der Waals surface area contributed by atoms with Crippen molar-refractivity contribution in [3.63, 3.8) is 0 Å². The van der Waals surface area contributed by atoms with Gasteiger partial charge in [0.05, 0.1) is 12.2 Å². The zero-order valence-electron chi connectivity index (χ0n) is 15.9. The van der Waals surface area contributed by atoms with Gasteiger partial charge in [0, 0.05) is 16.0 Å². The van der Waals surface area contributed by atoms with Crippen molar-refractivity contribution < 1.29 is 14.3 Å². The van der Waals surface area contributed by atoms with E-state index in [9.17, 15) is 4.79 Å². The summed E-state index contributed by atoms with van der Waals surface area (Å²) in [5.74, 6) is 0.929. The average Bonchev–Trinajstić information content (AvgIpc) is 2.85. The number of ketones is 1. The molecule has 3 nitrogen and oxygen atoms in total. The number of halogens is 1. The number of ether oxygens (including phenoxy) is 2. The molecule has 0 fully saturated rings. The van der Waals surface area contributed by atoms with Crippen molar-refractivity contribution in [1.29, 1.82) is 0 Å². The highest BCUT2D eigenvalue weighted by molar-refractivity contribution is 7.17.